The molecule has 1 saturated carbocycles. The highest BCUT2D eigenvalue weighted by Gasteiger charge is 2.31. The van der Waals surface area contributed by atoms with Crippen molar-refractivity contribution in [3.05, 3.63) is 0 Å². The molecule has 1 aliphatic heterocycles. The standard InChI is InChI=1S/C16H30N2O2/c1-18-11-6-14(7-12-18)5-10-17-15(19)13-16(20)8-3-2-4-9-16/h14,20H,2-13H2,1H3,(H,17,19). The van der Waals surface area contributed by atoms with E-state index in [0.717, 1.165) is 44.6 Å². The second-order valence-corrected chi connectivity index (χ2v) is 6.85. The van der Waals surface area contributed by atoms with Gasteiger partial charge in [-0.1, -0.05) is 19.3 Å². The molecule has 1 aliphatic carbocycles. The first-order valence-corrected chi connectivity index (χ1v) is 8.25. The Morgan fingerprint density at radius 3 is 2.55 bits per heavy atom. The Bertz CT molecular complexity index is 306. The molecule has 2 rings (SSSR count). The number of nitrogens with one attached hydrogen (secondary N) is 1. The van der Waals surface area contributed by atoms with Gasteiger partial charge in [0.05, 0.1) is 12.0 Å². The van der Waals surface area contributed by atoms with E-state index in [4.69, 9.17) is 0 Å². The van der Waals surface area contributed by atoms with Gasteiger partial charge in [0.1, 0.15) is 0 Å². The number of hydrogen-bond donors (Lipinski definition) is 2. The number of rotatable bonds is 5. The average molecular weight is 282 g/mol. The quantitative estimate of drug-likeness (QED) is 0.810. The average Bonchev–Trinajstić information content (AvgIpc) is 2.41. The molecule has 20 heavy (non-hydrogen) atoms. The largest absolute Gasteiger partial charge is 0.389 e. The maximum Gasteiger partial charge on any atom is 0.222 e. The third-order valence-corrected chi connectivity index (χ3v) is 4.99. The topological polar surface area (TPSA) is 52.6 Å². The fourth-order valence-corrected chi connectivity index (χ4v) is 3.51. The number of aliphatic hydroxyl groups is 1. The summed E-state index contributed by atoms with van der Waals surface area (Å²) in [4.78, 5) is 14.3. The summed E-state index contributed by atoms with van der Waals surface area (Å²) in [5, 5.41) is 13.4. The normalized spacial score (nSPS) is 24.5. The van der Waals surface area contributed by atoms with E-state index in [1.54, 1.807) is 0 Å². The lowest BCUT2D eigenvalue weighted by atomic mass is 9.82. The van der Waals surface area contributed by atoms with E-state index in [9.17, 15) is 9.90 Å². The summed E-state index contributed by atoms with van der Waals surface area (Å²) in [6, 6.07) is 0. The molecule has 2 fully saturated rings. The van der Waals surface area contributed by atoms with Crippen LogP contribution in [0.1, 0.15) is 57.8 Å². The van der Waals surface area contributed by atoms with Crippen LogP contribution in [0.25, 0.3) is 0 Å². The maximum atomic E-state index is 11.9. The minimum atomic E-state index is -0.726. The monoisotopic (exact) mass is 282 g/mol. The lowest BCUT2D eigenvalue weighted by Gasteiger charge is -2.31. The van der Waals surface area contributed by atoms with Gasteiger partial charge in [-0.3, -0.25) is 4.79 Å². The van der Waals surface area contributed by atoms with E-state index in [1.165, 1.54) is 32.4 Å². The maximum absolute atomic E-state index is 11.9. The van der Waals surface area contributed by atoms with Crippen molar-refractivity contribution in [2.45, 2.75) is 63.4 Å². The zero-order valence-corrected chi connectivity index (χ0v) is 12.9. The Morgan fingerprint density at radius 1 is 1.25 bits per heavy atom. The molecular formula is C16H30N2O2. The Balaban J connectivity index is 1.60. The van der Waals surface area contributed by atoms with Crippen LogP contribution in [-0.4, -0.2) is 48.2 Å². The number of hydrogen-bond acceptors (Lipinski definition) is 3. The van der Waals surface area contributed by atoms with Crippen molar-refractivity contribution < 1.29 is 9.90 Å². The lowest BCUT2D eigenvalue weighted by Crippen LogP contribution is -2.39. The fraction of sp³-hybridized carbons (Fsp3) is 0.938. The highest BCUT2D eigenvalue weighted by atomic mass is 16.3. The second kappa shape index (κ2) is 7.41. The van der Waals surface area contributed by atoms with Gasteiger partial charge < -0.3 is 15.3 Å². The van der Waals surface area contributed by atoms with Crippen molar-refractivity contribution in [2.75, 3.05) is 26.7 Å². The Labute approximate surface area is 122 Å². The first-order valence-electron chi connectivity index (χ1n) is 8.25. The van der Waals surface area contributed by atoms with Crippen LogP contribution in [-0.2, 0) is 4.79 Å². The molecule has 0 unspecified atom stereocenters. The second-order valence-electron chi connectivity index (χ2n) is 6.85. The van der Waals surface area contributed by atoms with Gasteiger partial charge in [0.2, 0.25) is 5.91 Å². The summed E-state index contributed by atoms with van der Waals surface area (Å²) in [5.41, 5.74) is -0.726. The molecule has 0 aromatic rings. The van der Waals surface area contributed by atoms with Gasteiger partial charge in [-0.15, -0.1) is 0 Å². The van der Waals surface area contributed by atoms with Crippen molar-refractivity contribution >= 4 is 5.91 Å². The van der Waals surface area contributed by atoms with E-state index >= 15 is 0 Å². The molecule has 1 amide bonds. The molecule has 116 valence electrons. The Kier molecular flexibility index (Phi) is 5.85. The van der Waals surface area contributed by atoms with Gasteiger partial charge >= 0.3 is 0 Å². The minimum Gasteiger partial charge on any atom is -0.389 e. The number of likely N-dealkylation sites (tertiary alicyclic amines) is 1. The molecule has 2 N–H and O–H groups in total. The Morgan fingerprint density at radius 2 is 1.90 bits per heavy atom. The van der Waals surface area contributed by atoms with Gasteiger partial charge in [0, 0.05) is 6.54 Å². The first kappa shape index (κ1) is 15.8. The Hall–Kier alpha value is -0.610. The molecule has 0 atom stereocenters. The molecule has 4 nitrogen and oxygen atoms in total. The SMILES string of the molecule is CN1CCC(CCNC(=O)CC2(O)CCCCC2)CC1. The van der Waals surface area contributed by atoms with Gasteiger partial charge in [0.15, 0.2) is 0 Å². The molecule has 4 heteroatoms. The van der Waals surface area contributed by atoms with Gasteiger partial charge in [-0.2, -0.15) is 0 Å². The van der Waals surface area contributed by atoms with Crippen LogP contribution in [0.15, 0.2) is 0 Å². The number of carbonyl (C=O) groups excluding carboxylic acids is 1. The molecule has 0 aromatic heterocycles. The number of amides is 1. The van der Waals surface area contributed by atoms with Crippen molar-refractivity contribution in [3.63, 3.8) is 0 Å². The van der Waals surface area contributed by atoms with Gasteiger partial charge in [-0.05, 0) is 58.2 Å². The van der Waals surface area contributed by atoms with Crippen molar-refractivity contribution in [1.29, 1.82) is 0 Å². The van der Waals surface area contributed by atoms with Crippen LogP contribution in [0, 0.1) is 5.92 Å². The van der Waals surface area contributed by atoms with Crippen LogP contribution in [0.3, 0.4) is 0 Å². The summed E-state index contributed by atoms with van der Waals surface area (Å²) >= 11 is 0. The lowest BCUT2D eigenvalue weighted by molar-refractivity contribution is -0.127. The van der Waals surface area contributed by atoms with E-state index < -0.39 is 5.60 Å². The molecule has 1 heterocycles. The molecule has 0 bridgehead atoms. The van der Waals surface area contributed by atoms with Crippen LogP contribution in [0.2, 0.25) is 0 Å². The number of nitrogens with zero attached hydrogens (tertiary/aromatic N) is 1. The van der Waals surface area contributed by atoms with Crippen molar-refractivity contribution in [1.82, 2.24) is 10.2 Å². The van der Waals surface area contributed by atoms with Crippen LogP contribution in [0.4, 0.5) is 0 Å². The zero-order chi connectivity index (χ0) is 14.4. The van der Waals surface area contributed by atoms with Crippen molar-refractivity contribution in [3.8, 4) is 0 Å². The molecular weight excluding hydrogens is 252 g/mol. The third-order valence-electron chi connectivity index (χ3n) is 4.99. The summed E-state index contributed by atoms with van der Waals surface area (Å²) in [7, 11) is 2.17. The predicted molar refractivity (Wildman–Crippen MR) is 80.5 cm³/mol. The predicted octanol–water partition coefficient (Wildman–Crippen LogP) is 1.92. The summed E-state index contributed by atoms with van der Waals surface area (Å²) in [6.45, 7) is 3.13. The molecule has 1 saturated heterocycles. The molecule has 2 aliphatic rings. The summed E-state index contributed by atoms with van der Waals surface area (Å²) < 4.78 is 0. The molecule has 0 aromatic carbocycles. The van der Waals surface area contributed by atoms with Gasteiger partial charge in [-0.25, -0.2) is 0 Å². The molecule has 0 spiro atoms. The van der Waals surface area contributed by atoms with E-state index in [-0.39, 0.29) is 5.91 Å². The van der Waals surface area contributed by atoms with E-state index in [2.05, 4.69) is 17.3 Å². The number of carbonyl (C=O) groups is 1. The highest BCUT2D eigenvalue weighted by Crippen LogP contribution is 2.30. The highest BCUT2D eigenvalue weighted by molar-refractivity contribution is 5.76. The van der Waals surface area contributed by atoms with Crippen LogP contribution in [0.5, 0.6) is 0 Å². The summed E-state index contributed by atoms with van der Waals surface area (Å²) in [6.07, 6.45) is 8.74. The molecule has 0 radical (unpaired) electrons. The van der Waals surface area contributed by atoms with E-state index in [0.29, 0.717) is 6.42 Å². The van der Waals surface area contributed by atoms with E-state index in [1.807, 2.05) is 0 Å². The van der Waals surface area contributed by atoms with Crippen LogP contribution < -0.4 is 5.32 Å². The summed E-state index contributed by atoms with van der Waals surface area (Å²) in [5.74, 6) is 0.784. The fourth-order valence-electron chi connectivity index (χ4n) is 3.51. The minimum absolute atomic E-state index is 0.0299. The smallest absolute Gasteiger partial charge is 0.222 e. The zero-order valence-electron chi connectivity index (χ0n) is 12.9. The van der Waals surface area contributed by atoms with Crippen LogP contribution >= 0.6 is 0 Å². The number of piperidine rings is 1. The third kappa shape index (κ3) is 5.06. The van der Waals surface area contributed by atoms with Gasteiger partial charge in [0.25, 0.3) is 0 Å². The first-order chi connectivity index (χ1) is 9.57. The van der Waals surface area contributed by atoms with Crippen molar-refractivity contribution in [2.24, 2.45) is 5.92 Å².